The summed E-state index contributed by atoms with van der Waals surface area (Å²) < 4.78 is 0. The normalized spacial score (nSPS) is 20.5. The molecule has 1 N–H and O–H groups in total. The van der Waals surface area contributed by atoms with Crippen LogP contribution in [0.2, 0.25) is 0 Å². The van der Waals surface area contributed by atoms with E-state index in [4.69, 9.17) is 0 Å². The van der Waals surface area contributed by atoms with Crippen LogP contribution in [0, 0.1) is 12.3 Å². The van der Waals surface area contributed by atoms with Gasteiger partial charge in [0, 0.05) is 16.8 Å². The zero-order valence-electron chi connectivity index (χ0n) is 14.4. The lowest BCUT2D eigenvalue weighted by Crippen LogP contribution is -2.25. The number of rotatable bonds is 0. The average molecular weight is 275 g/mol. The molecule has 0 aliphatic heterocycles. The SMILES string of the molecule is CC.Cc1[nH]c(C(C)(C)C)c2c1CC1(CCCCC1)C2. The van der Waals surface area contributed by atoms with Gasteiger partial charge in [-0.15, -0.1) is 0 Å². The third-order valence-electron chi connectivity index (χ3n) is 5.20. The van der Waals surface area contributed by atoms with Crippen LogP contribution >= 0.6 is 0 Å². The minimum atomic E-state index is 0.262. The predicted octanol–water partition coefficient (Wildman–Crippen LogP) is 5.70. The third-order valence-corrected chi connectivity index (χ3v) is 5.20. The van der Waals surface area contributed by atoms with Gasteiger partial charge in [0.2, 0.25) is 0 Å². The maximum atomic E-state index is 3.68. The Bertz CT molecular complexity index is 453. The second-order valence-electron chi connectivity index (χ2n) is 7.75. The summed E-state index contributed by atoms with van der Waals surface area (Å²) in [7, 11) is 0. The molecule has 2 aliphatic rings. The van der Waals surface area contributed by atoms with E-state index in [0.29, 0.717) is 5.41 Å². The number of hydrogen-bond donors (Lipinski definition) is 1. The lowest BCUT2D eigenvalue weighted by atomic mass is 9.71. The van der Waals surface area contributed by atoms with Gasteiger partial charge in [0.1, 0.15) is 0 Å². The summed E-state index contributed by atoms with van der Waals surface area (Å²) in [6.45, 7) is 13.3. The van der Waals surface area contributed by atoms with Crippen LogP contribution in [0.1, 0.15) is 89.2 Å². The van der Waals surface area contributed by atoms with Gasteiger partial charge in [-0.25, -0.2) is 0 Å². The highest BCUT2D eigenvalue weighted by atomic mass is 14.8. The minimum absolute atomic E-state index is 0.262. The predicted molar refractivity (Wildman–Crippen MR) is 88.5 cm³/mol. The highest BCUT2D eigenvalue weighted by Crippen LogP contribution is 2.50. The number of aromatic amines is 1. The van der Waals surface area contributed by atoms with Crippen molar-refractivity contribution in [3.8, 4) is 0 Å². The Morgan fingerprint density at radius 1 is 0.900 bits per heavy atom. The number of fused-ring (bicyclic) bond motifs is 1. The molecule has 1 nitrogen and oxygen atoms in total. The van der Waals surface area contributed by atoms with Gasteiger partial charge in [0.15, 0.2) is 0 Å². The molecule has 0 atom stereocenters. The fraction of sp³-hybridized carbons (Fsp3) is 0.789. The Morgan fingerprint density at radius 2 is 1.45 bits per heavy atom. The van der Waals surface area contributed by atoms with Crippen LogP contribution < -0.4 is 0 Å². The Labute approximate surface area is 125 Å². The van der Waals surface area contributed by atoms with Crippen LogP contribution in [-0.2, 0) is 18.3 Å². The fourth-order valence-corrected chi connectivity index (χ4v) is 4.26. The second kappa shape index (κ2) is 5.58. The van der Waals surface area contributed by atoms with Crippen LogP contribution in [0.5, 0.6) is 0 Å². The molecule has 0 unspecified atom stereocenters. The van der Waals surface area contributed by atoms with Gasteiger partial charge >= 0.3 is 0 Å². The van der Waals surface area contributed by atoms with Gasteiger partial charge in [-0.2, -0.15) is 0 Å². The number of H-pyrrole nitrogens is 1. The topological polar surface area (TPSA) is 15.8 Å². The molecule has 3 rings (SSSR count). The van der Waals surface area contributed by atoms with Gasteiger partial charge < -0.3 is 4.98 Å². The van der Waals surface area contributed by atoms with Crippen molar-refractivity contribution in [1.82, 2.24) is 4.98 Å². The van der Waals surface area contributed by atoms with Gasteiger partial charge in [0.25, 0.3) is 0 Å². The summed E-state index contributed by atoms with van der Waals surface area (Å²) in [6, 6.07) is 0. The molecular weight excluding hydrogens is 242 g/mol. The van der Waals surface area contributed by atoms with Crippen molar-refractivity contribution in [3.63, 3.8) is 0 Å². The van der Waals surface area contributed by atoms with E-state index in [9.17, 15) is 0 Å². The first-order valence-corrected chi connectivity index (χ1v) is 8.62. The highest BCUT2D eigenvalue weighted by Gasteiger charge is 2.41. The molecule has 0 bridgehead atoms. The Kier molecular flexibility index (Phi) is 4.37. The van der Waals surface area contributed by atoms with E-state index in [1.807, 2.05) is 13.8 Å². The molecule has 1 spiro atoms. The van der Waals surface area contributed by atoms with Gasteiger partial charge in [-0.1, -0.05) is 53.9 Å². The van der Waals surface area contributed by atoms with Gasteiger partial charge in [0.05, 0.1) is 0 Å². The van der Waals surface area contributed by atoms with Gasteiger partial charge in [-0.05, 0) is 49.1 Å². The van der Waals surface area contributed by atoms with Crippen LogP contribution in [0.3, 0.4) is 0 Å². The van der Waals surface area contributed by atoms with Crippen molar-refractivity contribution in [2.75, 3.05) is 0 Å². The maximum Gasteiger partial charge on any atom is 0.0239 e. The minimum Gasteiger partial charge on any atom is -0.362 e. The number of aromatic nitrogens is 1. The number of nitrogens with one attached hydrogen (secondary N) is 1. The zero-order chi connectivity index (χ0) is 15.0. The molecule has 0 saturated heterocycles. The molecule has 114 valence electrons. The monoisotopic (exact) mass is 275 g/mol. The summed E-state index contributed by atoms with van der Waals surface area (Å²) in [4.78, 5) is 3.68. The summed E-state index contributed by atoms with van der Waals surface area (Å²) >= 11 is 0. The van der Waals surface area contributed by atoms with Crippen molar-refractivity contribution in [1.29, 1.82) is 0 Å². The van der Waals surface area contributed by atoms with Crippen molar-refractivity contribution in [2.45, 2.75) is 91.9 Å². The molecule has 0 amide bonds. The van der Waals surface area contributed by atoms with Crippen molar-refractivity contribution in [2.24, 2.45) is 5.41 Å². The first kappa shape index (κ1) is 15.7. The molecule has 1 fully saturated rings. The first-order valence-electron chi connectivity index (χ1n) is 8.62. The number of hydrogen-bond acceptors (Lipinski definition) is 0. The van der Waals surface area contributed by atoms with E-state index in [1.165, 1.54) is 56.3 Å². The Hall–Kier alpha value is -0.720. The van der Waals surface area contributed by atoms with Crippen molar-refractivity contribution < 1.29 is 0 Å². The summed E-state index contributed by atoms with van der Waals surface area (Å²) in [5.41, 5.74) is 7.21. The Morgan fingerprint density at radius 3 is 2.00 bits per heavy atom. The van der Waals surface area contributed by atoms with E-state index in [2.05, 4.69) is 32.7 Å². The molecule has 1 saturated carbocycles. The second-order valence-corrected chi connectivity index (χ2v) is 7.75. The molecule has 1 aromatic heterocycles. The quantitative estimate of drug-likeness (QED) is 0.625. The van der Waals surface area contributed by atoms with E-state index in [0.717, 1.165) is 0 Å². The van der Waals surface area contributed by atoms with Crippen LogP contribution in [0.25, 0.3) is 0 Å². The van der Waals surface area contributed by atoms with Crippen LogP contribution in [0.4, 0.5) is 0 Å². The van der Waals surface area contributed by atoms with E-state index < -0.39 is 0 Å². The third kappa shape index (κ3) is 2.69. The largest absolute Gasteiger partial charge is 0.362 e. The molecule has 1 heteroatoms. The van der Waals surface area contributed by atoms with E-state index in [-0.39, 0.29) is 5.41 Å². The van der Waals surface area contributed by atoms with E-state index >= 15 is 0 Å². The average Bonchev–Trinajstić information content (AvgIpc) is 2.90. The molecule has 2 aliphatic carbocycles. The standard InChI is InChI=1S/C17H27N.C2H6/c1-12-13-10-17(8-6-5-7-9-17)11-14(13)15(18-12)16(2,3)4;1-2/h18H,5-11H2,1-4H3;1-2H3. The van der Waals surface area contributed by atoms with E-state index in [1.54, 1.807) is 11.1 Å². The summed E-state index contributed by atoms with van der Waals surface area (Å²) in [5.74, 6) is 0. The molecule has 1 aromatic rings. The molecule has 1 heterocycles. The van der Waals surface area contributed by atoms with Crippen molar-refractivity contribution >= 4 is 0 Å². The smallest absolute Gasteiger partial charge is 0.0239 e. The van der Waals surface area contributed by atoms with Crippen LogP contribution in [0.15, 0.2) is 0 Å². The Balaban J connectivity index is 0.000000704. The zero-order valence-corrected chi connectivity index (χ0v) is 14.4. The molecule has 0 radical (unpaired) electrons. The number of aryl methyl sites for hydroxylation is 1. The maximum absolute atomic E-state index is 3.68. The summed E-state index contributed by atoms with van der Waals surface area (Å²) in [6.07, 6.45) is 9.99. The first-order chi connectivity index (χ1) is 9.41. The molecular formula is C19H33N. The van der Waals surface area contributed by atoms with Crippen LogP contribution in [-0.4, -0.2) is 4.98 Å². The van der Waals surface area contributed by atoms with Gasteiger partial charge in [-0.3, -0.25) is 0 Å². The summed E-state index contributed by atoms with van der Waals surface area (Å²) in [5, 5.41) is 0. The molecule has 20 heavy (non-hydrogen) atoms. The lowest BCUT2D eigenvalue weighted by Gasteiger charge is -2.34. The molecule has 0 aromatic carbocycles. The highest BCUT2D eigenvalue weighted by molar-refractivity contribution is 5.45. The lowest BCUT2D eigenvalue weighted by molar-refractivity contribution is 0.201. The van der Waals surface area contributed by atoms with Crippen molar-refractivity contribution in [3.05, 3.63) is 22.5 Å². The fourth-order valence-electron chi connectivity index (χ4n) is 4.26.